The van der Waals surface area contributed by atoms with Crippen molar-refractivity contribution in [3.63, 3.8) is 0 Å². The molecule has 0 heterocycles. The fraction of sp³-hybridized carbons (Fsp3) is 0.636. The third-order valence-electron chi connectivity index (χ3n) is 2.51. The van der Waals surface area contributed by atoms with E-state index in [2.05, 4.69) is 45.6 Å². The molecule has 0 fully saturated rings. The van der Waals surface area contributed by atoms with Gasteiger partial charge in [-0.25, -0.2) is 0 Å². The van der Waals surface area contributed by atoms with Crippen LogP contribution in [0.1, 0.15) is 20.3 Å². The Morgan fingerprint density at radius 3 is 2.50 bits per heavy atom. The third kappa shape index (κ3) is 3.22. The Labute approximate surface area is 91.2 Å². The minimum Gasteiger partial charge on any atom is -0.416 e. The van der Waals surface area contributed by atoms with Crippen molar-refractivity contribution in [2.45, 2.75) is 46.0 Å². The molecule has 0 N–H and O–H groups in total. The van der Waals surface area contributed by atoms with Crippen LogP contribution in [0.15, 0.2) is 22.5 Å². The molecule has 1 nitrogen and oxygen atoms in total. The number of hydrogen-bond acceptors (Lipinski definition) is 1. The van der Waals surface area contributed by atoms with Crippen molar-refractivity contribution >= 4 is 17.8 Å². The summed E-state index contributed by atoms with van der Waals surface area (Å²) in [4.78, 5) is 0. The summed E-state index contributed by atoms with van der Waals surface area (Å²) < 4.78 is 5.80. The third-order valence-corrected chi connectivity index (χ3v) is 7.00. The van der Waals surface area contributed by atoms with E-state index in [1.807, 2.05) is 0 Å². The van der Waals surface area contributed by atoms with E-state index in [1.165, 1.54) is 6.42 Å². The maximum absolute atomic E-state index is 5.80. The summed E-state index contributed by atoms with van der Waals surface area (Å²) >= 11 is 0. The van der Waals surface area contributed by atoms with Gasteiger partial charge < -0.3 is 4.43 Å². The molecule has 0 atom stereocenters. The lowest BCUT2D eigenvalue weighted by molar-refractivity contribution is 0.259. The molecular formula is C11H22OSi2. The summed E-state index contributed by atoms with van der Waals surface area (Å²) in [6, 6.07) is 0. The molecule has 0 spiro atoms. The van der Waals surface area contributed by atoms with Crippen LogP contribution in [0.2, 0.25) is 19.6 Å². The van der Waals surface area contributed by atoms with E-state index in [0.717, 1.165) is 0 Å². The number of hydrogen-bond donors (Lipinski definition) is 0. The van der Waals surface area contributed by atoms with Gasteiger partial charge in [-0.15, -0.1) is 0 Å². The number of rotatable bonds is 4. The Balaban J connectivity index is 2.67. The van der Waals surface area contributed by atoms with Crippen LogP contribution in [-0.2, 0) is 4.43 Å². The Morgan fingerprint density at radius 2 is 2.00 bits per heavy atom. The fourth-order valence-electron chi connectivity index (χ4n) is 1.73. The molecule has 0 radical (unpaired) electrons. The van der Waals surface area contributed by atoms with Gasteiger partial charge in [-0.3, -0.25) is 0 Å². The first kappa shape index (κ1) is 11.9. The lowest BCUT2D eigenvalue weighted by Gasteiger charge is -2.21. The summed E-state index contributed by atoms with van der Waals surface area (Å²) in [5.41, 5.74) is 0. The van der Waals surface area contributed by atoms with Crippen molar-refractivity contribution in [3.05, 3.63) is 22.5 Å². The average molecular weight is 226 g/mol. The van der Waals surface area contributed by atoms with Crippen LogP contribution in [-0.4, -0.2) is 23.9 Å². The highest BCUT2D eigenvalue weighted by molar-refractivity contribution is 6.84. The van der Waals surface area contributed by atoms with Gasteiger partial charge in [0.25, 0.3) is 0 Å². The molecule has 1 aliphatic rings. The second-order valence-corrected chi connectivity index (χ2v) is 11.7. The smallest absolute Gasteiger partial charge is 0.192 e. The molecule has 0 saturated carbocycles. The second kappa shape index (κ2) is 4.60. The molecule has 0 aromatic carbocycles. The van der Waals surface area contributed by atoms with Crippen molar-refractivity contribution in [2.24, 2.45) is 0 Å². The van der Waals surface area contributed by atoms with Crippen molar-refractivity contribution < 1.29 is 4.43 Å². The zero-order valence-electron chi connectivity index (χ0n) is 10.1. The topological polar surface area (TPSA) is 9.23 Å². The highest BCUT2D eigenvalue weighted by Crippen LogP contribution is 2.27. The molecule has 0 unspecified atom stereocenters. The first-order valence-electron chi connectivity index (χ1n) is 5.42. The molecule has 0 aliphatic heterocycles. The molecule has 3 heteroatoms. The van der Waals surface area contributed by atoms with Crippen LogP contribution in [0.4, 0.5) is 0 Å². The van der Waals surface area contributed by atoms with E-state index < -0.39 is 17.8 Å². The lowest BCUT2D eigenvalue weighted by Crippen LogP contribution is -2.25. The van der Waals surface area contributed by atoms with E-state index in [-0.39, 0.29) is 0 Å². The number of allylic oxidation sites excluding steroid dienone is 4. The van der Waals surface area contributed by atoms with Gasteiger partial charge in [0.2, 0.25) is 0 Å². The summed E-state index contributed by atoms with van der Waals surface area (Å²) in [5, 5.41) is 3.31. The predicted octanol–water partition coefficient (Wildman–Crippen LogP) is 2.59. The van der Waals surface area contributed by atoms with Crippen LogP contribution >= 0.6 is 0 Å². The Bertz CT molecular complexity index is 259. The van der Waals surface area contributed by atoms with Gasteiger partial charge in [-0.05, 0) is 25.5 Å². The van der Waals surface area contributed by atoms with Gasteiger partial charge in [0.05, 0.1) is 8.07 Å². The van der Waals surface area contributed by atoms with E-state index in [0.29, 0.717) is 6.10 Å². The van der Waals surface area contributed by atoms with Gasteiger partial charge in [0, 0.05) is 6.10 Å². The molecule has 1 rings (SSSR count). The van der Waals surface area contributed by atoms with E-state index >= 15 is 0 Å². The minimum atomic E-state index is -1.09. The van der Waals surface area contributed by atoms with Crippen LogP contribution in [0, 0.1) is 0 Å². The minimum absolute atomic E-state index is 0.394. The molecule has 0 amide bonds. The zero-order valence-corrected chi connectivity index (χ0v) is 12.5. The van der Waals surface area contributed by atoms with E-state index in [9.17, 15) is 0 Å². The Morgan fingerprint density at radius 1 is 1.36 bits per heavy atom. The van der Waals surface area contributed by atoms with Crippen LogP contribution in [0.3, 0.4) is 0 Å². The van der Waals surface area contributed by atoms with Gasteiger partial charge in [-0.1, -0.05) is 37.0 Å². The maximum Gasteiger partial charge on any atom is 0.192 e. The molecule has 0 bridgehead atoms. The van der Waals surface area contributed by atoms with Crippen LogP contribution in [0.25, 0.3) is 0 Å². The Kier molecular flexibility index (Phi) is 3.92. The summed E-state index contributed by atoms with van der Waals surface area (Å²) in [5.74, 6) is 0. The van der Waals surface area contributed by atoms with E-state index in [4.69, 9.17) is 4.43 Å². The Hall–Kier alpha value is -0.126. The first-order chi connectivity index (χ1) is 6.41. The van der Waals surface area contributed by atoms with Crippen molar-refractivity contribution in [2.75, 3.05) is 0 Å². The highest BCUT2D eigenvalue weighted by Gasteiger charge is 2.24. The summed E-state index contributed by atoms with van der Waals surface area (Å²) in [6.45, 7) is 11.5. The normalized spacial score (nSPS) is 18.1. The van der Waals surface area contributed by atoms with Crippen molar-refractivity contribution in [1.82, 2.24) is 0 Å². The second-order valence-electron chi connectivity index (χ2n) is 5.22. The van der Waals surface area contributed by atoms with Crippen molar-refractivity contribution in [3.8, 4) is 0 Å². The zero-order chi connectivity index (χ0) is 10.8. The van der Waals surface area contributed by atoms with Gasteiger partial charge in [0.1, 0.15) is 0 Å². The molecule has 1 aliphatic carbocycles. The molecule has 0 aromatic rings. The standard InChI is InChI=1S/C11H22OSi2/c1-9(2)12-13-10-7-6-8-11(10)14(3,4)5/h6-7,9H,8,13H2,1-5H3. The van der Waals surface area contributed by atoms with Gasteiger partial charge >= 0.3 is 0 Å². The predicted molar refractivity (Wildman–Crippen MR) is 68.9 cm³/mol. The molecular weight excluding hydrogens is 204 g/mol. The summed E-state index contributed by atoms with van der Waals surface area (Å²) in [6.07, 6.45) is 6.20. The van der Waals surface area contributed by atoms with Gasteiger partial charge in [-0.2, -0.15) is 0 Å². The van der Waals surface area contributed by atoms with Crippen LogP contribution < -0.4 is 0 Å². The van der Waals surface area contributed by atoms with E-state index in [1.54, 1.807) is 10.4 Å². The largest absolute Gasteiger partial charge is 0.416 e. The molecule has 0 aromatic heterocycles. The van der Waals surface area contributed by atoms with Gasteiger partial charge in [0.15, 0.2) is 9.76 Å². The first-order valence-corrected chi connectivity index (χ1v) is 10.2. The van der Waals surface area contributed by atoms with Crippen LogP contribution in [0.5, 0.6) is 0 Å². The SMILES string of the molecule is CC(C)O[SiH2]C1=C([Si](C)(C)C)CC=C1. The molecule has 0 saturated heterocycles. The summed E-state index contributed by atoms with van der Waals surface area (Å²) in [7, 11) is -1.55. The highest BCUT2D eigenvalue weighted by atomic mass is 28.3. The quantitative estimate of drug-likeness (QED) is 0.670. The maximum atomic E-state index is 5.80. The molecule has 14 heavy (non-hydrogen) atoms. The average Bonchev–Trinajstić information content (AvgIpc) is 2.46. The fourth-order valence-corrected chi connectivity index (χ4v) is 6.41. The monoisotopic (exact) mass is 226 g/mol. The molecule has 80 valence electrons. The van der Waals surface area contributed by atoms with Crippen molar-refractivity contribution in [1.29, 1.82) is 0 Å². The lowest BCUT2D eigenvalue weighted by atomic mass is 10.5.